The Kier molecular flexibility index (Phi) is 14.6. The topological polar surface area (TPSA) is 346 Å². The van der Waals surface area contributed by atoms with Crippen LogP contribution in [0.15, 0.2) is 30.3 Å². The van der Waals surface area contributed by atoms with Crippen LogP contribution in [-0.2, 0) is 58.6 Å². The highest BCUT2D eigenvalue weighted by Gasteiger charge is 2.73. The first kappa shape index (κ1) is 46.7. The summed E-state index contributed by atoms with van der Waals surface area (Å²) in [6.07, 6.45) is -27.5. The van der Waals surface area contributed by atoms with Gasteiger partial charge in [0, 0.05) is 6.42 Å². The van der Waals surface area contributed by atoms with Gasteiger partial charge in [0.1, 0.15) is 91.6 Å². The molecule has 22 heteroatoms. The van der Waals surface area contributed by atoms with Crippen molar-refractivity contribution >= 4 is 11.6 Å². The first-order valence-electron chi connectivity index (χ1n) is 20.6. The molecule has 344 valence electrons. The van der Waals surface area contributed by atoms with E-state index in [0.29, 0.717) is 24.8 Å². The van der Waals surface area contributed by atoms with Crippen molar-refractivity contribution in [1.82, 2.24) is 0 Å². The predicted molar refractivity (Wildman–Crippen MR) is 197 cm³/mol. The van der Waals surface area contributed by atoms with Crippen LogP contribution in [0.2, 0.25) is 0 Å². The minimum absolute atomic E-state index is 0.0374. The molecule has 1 unspecified atom stereocenters. The van der Waals surface area contributed by atoms with Crippen LogP contribution in [0.5, 0.6) is 0 Å². The molecule has 6 aliphatic rings. The maximum Gasteiger partial charge on any atom is 0.238 e. The Morgan fingerprint density at radius 3 is 2.05 bits per heavy atom. The zero-order chi connectivity index (χ0) is 44.0. The maximum atomic E-state index is 14.3. The fourth-order valence-electron chi connectivity index (χ4n) is 9.05. The lowest BCUT2D eigenvalue weighted by molar-refractivity contribution is -0.420. The van der Waals surface area contributed by atoms with Gasteiger partial charge in [-0.15, -0.1) is 0 Å². The van der Waals surface area contributed by atoms with Gasteiger partial charge in [-0.25, -0.2) is 0 Å². The molecule has 0 saturated carbocycles. The lowest BCUT2D eigenvalue weighted by Crippen LogP contribution is -2.83. The van der Waals surface area contributed by atoms with Crippen molar-refractivity contribution < 1.29 is 103 Å². The van der Waals surface area contributed by atoms with Crippen molar-refractivity contribution in [3.05, 3.63) is 35.9 Å². The predicted octanol–water partition coefficient (Wildman–Crippen LogP) is -5.63. The van der Waals surface area contributed by atoms with E-state index in [4.69, 9.17) is 48.4 Å². The molecule has 0 aromatic heterocycles. The number of Topliss-reactive ketones (excluding diaryl/α,β-unsaturated/α-hetero) is 2. The smallest absolute Gasteiger partial charge is 0.238 e. The molecule has 7 rings (SSSR count). The summed E-state index contributed by atoms with van der Waals surface area (Å²) >= 11 is 0. The third kappa shape index (κ3) is 8.45. The van der Waals surface area contributed by atoms with Gasteiger partial charge in [0.05, 0.1) is 32.5 Å². The van der Waals surface area contributed by atoms with Gasteiger partial charge in [-0.3, -0.25) is 9.59 Å². The van der Waals surface area contributed by atoms with Crippen molar-refractivity contribution in [2.45, 2.75) is 167 Å². The molecule has 0 spiro atoms. The lowest BCUT2D eigenvalue weighted by Gasteiger charge is -2.57. The summed E-state index contributed by atoms with van der Waals surface area (Å²) in [4.78, 5) is 28.0. The van der Waals surface area contributed by atoms with Gasteiger partial charge in [0.15, 0.2) is 18.9 Å². The first-order valence-corrected chi connectivity index (χ1v) is 20.6. The number of aliphatic hydroxyl groups is 10. The van der Waals surface area contributed by atoms with Gasteiger partial charge in [-0.1, -0.05) is 56.5 Å². The van der Waals surface area contributed by atoms with E-state index >= 15 is 0 Å². The molecule has 4 bridgehead atoms. The van der Waals surface area contributed by atoms with Crippen LogP contribution in [0.1, 0.15) is 38.2 Å². The molecule has 0 amide bonds. The molecular weight excluding hydrogens is 818 g/mol. The average molecular weight is 876 g/mol. The van der Waals surface area contributed by atoms with E-state index in [1.165, 1.54) is 0 Å². The van der Waals surface area contributed by atoms with Crippen molar-refractivity contribution in [3.63, 3.8) is 0 Å². The molecule has 12 N–H and O–H groups in total. The molecule has 1 aromatic rings. The minimum atomic E-state index is -3.42. The van der Waals surface area contributed by atoms with E-state index in [1.54, 1.807) is 30.3 Å². The second-order valence-electron chi connectivity index (χ2n) is 16.4. The first-order chi connectivity index (χ1) is 29.1. The molecule has 6 saturated heterocycles. The molecule has 6 fully saturated rings. The van der Waals surface area contributed by atoms with Gasteiger partial charge in [0.25, 0.3) is 0 Å². The number of nitrogens with two attached hydrogens (primary N) is 1. The van der Waals surface area contributed by atoms with Crippen LogP contribution in [0.4, 0.5) is 0 Å². The van der Waals surface area contributed by atoms with E-state index < -0.39 is 159 Å². The minimum Gasteiger partial charge on any atom is -0.394 e. The Balaban J connectivity index is 1.15. The second-order valence-corrected chi connectivity index (χ2v) is 16.4. The summed E-state index contributed by atoms with van der Waals surface area (Å²) in [6, 6.07) is 6.51. The number of unbranched alkanes of at least 4 members (excludes halogenated alkanes) is 2. The van der Waals surface area contributed by atoms with E-state index in [1.807, 2.05) is 6.92 Å². The molecular formula is C39H57NO21. The third-order valence-corrected chi connectivity index (χ3v) is 12.5. The molecule has 61 heavy (non-hydrogen) atoms. The van der Waals surface area contributed by atoms with Crippen molar-refractivity contribution in [3.8, 4) is 0 Å². The number of aliphatic hydroxyl groups excluding tert-OH is 9. The van der Waals surface area contributed by atoms with Crippen LogP contribution in [0.3, 0.4) is 0 Å². The fourth-order valence-corrected chi connectivity index (χ4v) is 9.05. The highest BCUT2D eigenvalue weighted by atomic mass is 16.8. The van der Waals surface area contributed by atoms with Crippen LogP contribution in [0, 0.1) is 0 Å². The molecule has 0 aliphatic carbocycles. The zero-order valence-electron chi connectivity index (χ0n) is 33.3. The summed E-state index contributed by atoms with van der Waals surface area (Å²) in [7, 11) is 0. The van der Waals surface area contributed by atoms with Gasteiger partial charge in [0.2, 0.25) is 23.0 Å². The normalized spacial score (nSPS) is 46.4. The number of ether oxygens (including phenoxy) is 9. The van der Waals surface area contributed by atoms with Crippen LogP contribution in [0.25, 0.3) is 0 Å². The van der Waals surface area contributed by atoms with Crippen LogP contribution in [-0.4, -0.2) is 217 Å². The summed E-state index contributed by atoms with van der Waals surface area (Å²) in [5, 5.41) is 110. The largest absolute Gasteiger partial charge is 0.394 e. The Bertz CT molecular complexity index is 1650. The number of fused-ring (bicyclic) bond motifs is 4. The summed E-state index contributed by atoms with van der Waals surface area (Å²) in [5.74, 6) is -5.71. The number of rotatable bonds is 17. The van der Waals surface area contributed by atoms with Gasteiger partial charge in [-0.05, 0) is 12.0 Å². The van der Waals surface area contributed by atoms with Crippen molar-refractivity contribution in [1.29, 1.82) is 0 Å². The number of carbonyl (C=O) groups excluding carboxylic acids is 2. The third-order valence-electron chi connectivity index (χ3n) is 12.5. The molecule has 22 nitrogen and oxygen atoms in total. The monoisotopic (exact) mass is 875 g/mol. The fraction of sp³-hybridized carbons (Fsp3) is 0.795. The molecule has 21 atom stereocenters. The Labute approximate surface area is 349 Å². The zero-order valence-corrected chi connectivity index (χ0v) is 33.3. The number of benzene rings is 1. The summed E-state index contributed by atoms with van der Waals surface area (Å²) in [5.41, 5.74) is 3.71. The standard InChI is InChI=1S/C39H57NO21/c1-2-3-5-10-22(40)39(38(52,34(50)24(45)19(13-42)60-39)33(49)17(43)11-16-8-6-4-7-9-16)61-29-21-15-54-32(29)27(48)37(57-21)59-30-23(44)18(12-41)56-36(26(30)47)58-28-20-14-53-31(28)25(46)35(51)55-20/h4,6-9,18-32,34-37,41-42,44-48,50-52H,2-3,5,10-15,40H2,1H3/t18-,19-,20+,21+,22?,23-,24+,25+,26-,27+,28+,29+,30+,31+,32+,34+,35-,36+,37+,38+,39+/m1/s1. The van der Waals surface area contributed by atoms with Gasteiger partial charge >= 0.3 is 0 Å². The highest BCUT2D eigenvalue weighted by Crippen LogP contribution is 2.47. The molecule has 0 radical (unpaired) electrons. The van der Waals surface area contributed by atoms with Crippen molar-refractivity contribution in [2.75, 3.05) is 26.4 Å². The Morgan fingerprint density at radius 2 is 1.39 bits per heavy atom. The Morgan fingerprint density at radius 1 is 0.770 bits per heavy atom. The average Bonchev–Trinajstić information content (AvgIpc) is 3.74. The molecule has 6 heterocycles. The van der Waals surface area contributed by atoms with Gasteiger partial charge in [-0.2, -0.15) is 0 Å². The number of ketones is 2. The second kappa shape index (κ2) is 19.1. The Hall–Kier alpha value is -2.24. The SMILES string of the molecule is CCCCCC(N)[C@@]1(O[C@@H]2[C@H]3OC[C@@H]2O[C@@H](O[C@@H]2[C@@H](O)[C@H](O[C@@H]4[C@H]5OC[C@@H]4O[C@@H](O)[C@H]5O)O[C@H](CO)[C@H]2O)[C@H]3O)O[C@H](CO)[C@H](O)[C@H](O)[C@@]1(O)C(=O)C(=O)Cc1ccccc1. The summed E-state index contributed by atoms with van der Waals surface area (Å²) in [6.45, 7) is -0.244. The number of carbonyl (C=O) groups is 2. The van der Waals surface area contributed by atoms with Crippen molar-refractivity contribution in [2.24, 2.45) is 5.73 Å². The van der Waals surface area contributed by atoms with E-state index in [-0.39, 0.29) is 19.6 Å². The molecule has 1 aromatic carbocycles. The van der Waals surface area contributed by atoms with E-state index in [9.17, 15) is 60.7 Å². The highest BCUT2D eigenvalue weighted by molar-refractivity contribution is 6.41. The molecule has 6 aliphatic heterocycles. The van der Waals surface area contributed by atoms with E-state index in [0.717, 1.165) is 0 Å². The van der Waals surface area contributed by atoms with Gasteiger partial charge < -0.3 is 99.4 Å². The quantitative estimate of drug-likeness (QED) is 0.0513. The number of hydrogen-bond acceptors (Lipinski definition) is 22. The maximum absolute atomic E-state index is 14.3. The summed E-state index contributed by atoms with van der Waals surface area (Å²) < 4.78 is 52.8. The van der Waals surface area contributed by atoms with Crippen LogP contribution >= 0.6 is 0 Å². The van der Waals surface area contributed by atoms with Crippen LogP contribution < -0.4 is 5.73 Å². The lowest BCUT2D eigenvalue weighted by atomic mass is 9.71. The number of hydrogen-bond donors (Lipinski definition) is 11. The van der Waals surface area contributed by atoms with E-state index in [2.05, 4.69) is 0 Å².